The first-order chi connectivity index (χ1) is 8.41. The van der Waals surface area contributed by atoms with Crippen molar-refractivity contribution in [1.82, 2.24) is 0 Å². The lowest BCUT2D eigenvalue weighted by molar-refractivity contribution is 0.611. The van der Waals surface area contributed by atoms with E-state index in [2.05, 4.69) is 37.8 Å². The number of allylic oxidation sites excluding steroid dienone is 5. The summed E-state index contributed by atoms with van der Waals surface area (Å²) in [6.07, 6.45) is 24.0. The largest absolute Gasteiger partial charge is 0.103 e. The SMILES string of the molecule is C=CCC/C=C/C/C=C/CCCCCCCC. The highest BCUT2D eigenvalue weighted by Crippen LogP contribution is 2.07. The average molecular weight is 234 g/mol. The molecule has 0 spiro atoms. The van der Waals surface area contributed by atoms with Crippen molar-refractivity contribution in [2.75, 3.05) is 0 Å². The number of unbranched alkanes of at least 4 members (excludes halogenated alkanes) is 7. The van der Waals surface area contributed by atoms with E-state index in [-0.39, 0.29) is 0 Å². The van der Waals surface area contributed by atoms with E-state index < -0.39 is 0 Å². The molecule has 17 heavy (non-hydrogen) atoms. The Morgan fingerprint density at radius 3 is 2.06 bits per heavy atom. The second-order valence-corrected chi connectivity index (χ2v) is 4.60. The van der Waals surface area contributed by atoms with Crippen LogP contribution in [0.3, 0.4) is 0 Å². The van der Waals surface area contributed by atoms with Crippen LogP contribution in [0.2, 0.25) is 0 Å². The summed E-state index contributed by atoms with van der Waals surface area (Å²) in [5.41, 5.74) is 0. The van der Waals surface area contributed by atoms with Crippen LogP contribution in [-0.2, 0) is 0 Å². The Kier molecular flexibility index (Phi) is 14.5. The maximum atomic E-state index is 3.71. The molecular formula is C17H30. The molecule has 0 aliphatic rings. The first-order valence-electron chi connectivity index (χ1n) is 7.32. The minimum absolute atomic E-state index is 1.09. The predicted molar refractivity (Wildman–Crippen MR) is 80.3 cm³/mol. The monoisotopic (exact) mass is 234 g/mol. The van der Waals surface area contributed by atoms with E-state index in [0.717, 1.165) is 19.3 Å². The van der Waals surface area contributed by atoms with Crippen molar-refractivity contribution in [3.8, 4) is 0 Å². The molecule has 0 saturated carbocycles. The standard InChI is InChI=1S/C17H30/c1-3-5-7-9-11-13-15-17-16-14-12-10-8-6-4-2/h3,9,11,15,17H,1,4-8,10,12-14,16H2,2H3/b11-9+,17-15+. The molecule has 0 N–H and O–H groups in total. The molecule has 0 heterocycles. The highest BCUT2D eigenvalue weighted by molar-refractivity contribution is 4.93. The van der Waals surface area contributed by atoms with Gasteiger partial charge in [-0.3, -0.25) is 0 Å². The first kappa shape index (κ1) is 16.2. The van der Waals surface area contributed by atoms with Crippen molar-refractivity contribution in [3.63, 3.8) is 0 Å². The van der Waals surface area contributed by atoms with Gasteiger partial charge in [0.05, 0.1) is 0 Å². The third-order valence-electron chi connectivity index (χ3n) is 2.87. The molecule has 0 radical (unpaired) electrons. The van der Waals surface area contributed by atoms with Gasteiger partial charge in [-0.2, -0.15) is 0 Å². The Bertz CT molecular complexity index is 198. The molecular weight excluding hydrogens is 204 g/mol. The molecule has 0 aromatic rings. The van der Waals surface area contributed by atoms with Gasteiger partial charge in [0.2, 0.25) is 0 Å². The van der Waals surface area contributed by atoms with Crippen molar-refractivity contribution in [2.24, 2.45) is 0 Å². The molecule has 0 atom stereocenters. The summed E-state index contributed by atoms with van der Waals surface area (Å²) in [6, 6.07) is 0. The number of hydrogen-bond donors (Lipinski definition) is 0. The van der Waals surface area contributed by atoms with Crippen molar-refractivity contribution >= 4 is 0 Å². The van der Waals surface area contributed by atoms with Gasteiger partial charge >= 0.3 is 0 Å². The van der Waals surface area contributed by atoms with E-state index >= 15 is 0 Å². The van der Waals surface area contributed by atoms with E-state index in [1.54, 1.807) is 0 Å². The van der Waals surface area contributed by atoms with Gasteiger partial charge in [-0.1, -0.05) is 69.4 Å². The Hall–Kier alpha value is -0.780. The molecule has 0 bridgehead atoms. The van der Waals surface area contributed by atoms with Gasteiger partial charge < -0.3 is 0 Å². The third-order valence-corrected chi connectivity index (χ3v) is 2.87. The normalized spacial score (nSPS) is 11.6. The van der Waals surface area contributed by atoms with Gasteiger partial charge in [0, 0.05) is 0 Å². The zero-order valence-electron chi connectivity index (χ0n) is 11.7. The summed E-state index contributed by atoms with van der Waals surface area (Å²) in [7, 11) is 0. The number of hydrogen-bond acceptors (Lipinski definition) is 0. The number of rotatable bonds is 12. The van der Waals surface area contributed by atoms with Crippen LogP contribution in [0.25, 0.3) is 0 Å². The van der Waals surface area contributed by atoms with Gasteiger partial charge in [-0.25, -0.2) is 0 Å². The summed E-state index contributed by atoms with van der Waals surface area (Å²) < 4.78 is 0. The highest BCUT2D eigenvalue weighted by Gasteiger charge is 1.87. The van der Waals surface area contributed by atoms with E-state index in [4.69, 9.17) is 0 Å². The second-order valence-electron chi connectivity index (χ2n) is 4.60. The fourth-order valence-electron chi connectivity index (χ4n) is 1.76. The van der Waals surface area contributed by atoms with E-state index in [1.165, 1.54) is 44.9 Å². The fraction of sp³-hybridized carbons (Fsp3) is 0.647. The van der Waals surface area contributed by atoms with E-state index in [0.29, 0.717) is 0 Å². The zero-order chi connectivity index (χ0) is 12.6. The second kappa shape index (κ2) is 15.2. The molecule has 0 saturated heterocycles. The van der Waals surface area contributed by atoms with Gasteiger partial charge in [0.25, 0.3) is 0 Å². The Morgan fingerprint density at radius 1 is 0.706 bits per heavy atom. The lowest BCUT2D eigenvalue weighted by Crippen LogP contribution is -1.77. The Morgan fingerprint density at radius 2 is 1.35 bits per heavy atom. The average Bonchev–Trinajstić information content (AvgIpc) is 2.35. The van der Waals surface area contributed by atoms with Crippen molar-refractivity contribution < 1.29 is 0 Å². The molecule has 0 heteroatoms. The Labute approximate surface area is 109 Å². The van der Waals surface area contributed by atoms with Crippen LogP contribution in [0, 0.1) is 0 Å². The highest BCUT2D eigenvalue weighted by atomic mass is 13.9. The predicted octanol–water partition coefficient (Wildman–Crippen LogP) is 6.21. The van der Waals surface area contributed by atoms with Gasteiger partial charge in [0.1, 0.15) is 0 Å². The smallest absolute Gasteiger partial charge is 0.0169 e. The quantitative estimate of drug-likeness (QED) is 0.278. The summed E-state index contributed by atoms with van der Waals surface area (Å²) in [5, 5.41) is 0. The minimum Gasteiger partial charge on any atom is -0.103 e. The molecule has 98 valence electrons. The van der Waals surface area contributed by atoms with Gasteiger partial charge in [-0.05, 0) is 32.1 Å². The lowest BCUT2D eigenvalue weighted by Gasteiger charge is -1.97. The Balaban J connectivity index is 3.14. The van der Waals surface area contributed by atoms with Crippen LogP contribution in [0.4, 0.5) is 0 Å². The fourth-order valence-corrected chi connectivity index (χ4v) is 1.76. The van der Waals surface area contributed by atoms with Crippen LogP contribution in [0.15, 0.2) is 37.0 Å². The molecule has 0 rings (SSSR count). The van der Waals surface area contributed by atoms with Crippen molar-refractivity contribution in [3.05, 3.63) is 37.0 Å². The van der Waals surface area contributed by atoms with Crippen molar-refractivity contribution in [1.29, 1.82) is 0 Å². The van der Waals surface area contributed by atoms with Gasteiger partial charge in [0.15, 0.2) is 0 Å². The lowest BCUT2D eigenvalue weighted by atomic mass is 10.1. The topological polar surface area (TPSA) is 0 Å². The van der Waals surface area contributed by atoms with Gasteiger partial charge in [-0.15, -0.1) is 6.58 Å². The molecule has 0 aromatic heterocycles. The summed E-state index contributed by atoms with van der Waals surface area (Å²) in [4.78, 5) is 0. The van der Waals surface area contributed by atoms with Crippen molar-refractivity contribution in [2.45, 2.75) is 71.1 Å². The van der Waals surface area contributed by atoms with Crippen LogP contribution >= 0.6 is 0 Å². The maximum Gasteiger partial charge on any atom is -0.0169 e. The van der Waals surface area contributed by atoms with Crippen LogP contribution in [-0.4, -0.2) is 0 Å². The molecule has 0 amide bonds. The van der Waals surface area contributed by atoms with E-state index in [1.807, 2.05) is 6.08 Å². The first-order valence-corrected chi connectivity index (χ1v) is 7.32. The molecule has 0 unspecified atom stereocenters. The molecule has 0 aliphatic heterocycles. The van der Waals surface area contributed by atoms with Crippen LogP contribution in [0.5, 0.6) is 0 Å². The summed E-state index contributed by atoms with van der Waals surface area (Å²) >= 11 is 0. The third kappa shape index (κ3) is 15.2. The van der Waals surface area contributed by atoms with E-state index in [9.17, 15) is 0 Å². The molecule has 0 aliphatic carbocycles. The molecule has 0 fully saturated rings. The summed E-state index contributed by atoms with van der Waals surface area (Å²) in [5.74, 6) is 0. The zero-order valence-corrected chi connectivity index (χ0v) is 11.7. The molecule has 0 aromatic carbocycles. The maximum absolute atomic E-state index is 3.71. The van der Waals surface area contributed by atoms with Crippen LogP contribution in [0.1, 0.15) is 71.1 Å². The van der Waals surface area contributed by atoms with Crippen LogP contribution < -0.4 is 0 Å². The summed E-state index contributed by atoms with van der Waals surface area (Å²) in [6.45, 7) is 5.98. The minimum atomic E-state index is 1.09. The molecule has 0 nitrogen and oxygen atoms in total.